The van der Waals surface area contributed by atoms with Crippen LogP contribution in [0.5, 0.6) is 11.5 Å². The number of carbonyl (C=O) groups excluding carboxylic acids is 1. The lowest BCUT2D eigenvalue weighted by molar-refractivity contribution is 0.0949. The minimum Gasteiger partial charge on any atom is -0.507 e. The van der Waals surface area contributed by atoms with Gasteiger partial charge in [-0.15, -0.1) is 0 Å². The smallest absolute Gasteiger partial charge is 0.255 e. The summed E-state index contributed by atoms with van der Waals surface area (Å²) in [4.78, 5) is 16.7. The first-order valence-electron chi connectivity index (χ1n) is 8.46. The van der Waals surface area contributed by atoms with E-state index in [0.717, 1.165) is 10.8 Å². The van der Waals surface area contributed by atoms with Crippen molar-refractivity contribution in [3.8, 4) is 11.5 Å². The Morgan fingerprint density at radius 3 is 2.70 bits per heavy atom. The zero-order chi connectivity index (χ0) is 19.4. The van der Waals surface area contributed by atoms with Crippen LogP contribution in [0.15, 0.2) is 64.1 Å². The van der Waals surface area contributed by atoms with Crippen LogP contribution in [0, 0.1) is 0 Å². The van der Waals surface area contributed by atoms with E-state index >= 15 is 0 Å². The lowest BCUT2D eigenvalue weighted by atomic mass is 10.0. The van der Waals surface area contributed by atoms with E-state index in [4.69, 9.17) is 0 Å². The second kappa shape index (κ2) is 8.22. The van der Waals surface area contributed by atoms with E-state index in [-0.39, 0.29) is 29.0 Å². The Hall–Kier alpha value is -2.86. The zero-order valence-electron chi connectivity index (χ0n) is 14.7. The third kappa shape index (κ3) is 4.46. The number of hydrogen-bond acceptors (Lipinski definition) is 4. The second-order valence-corrected chi connectivity index (χ2v) is 7.13. The number of phenols is 2. The molecule has 0 spiro atoms. The van der Waals surface area contributed by atoms with Crippen LogP contribution in [0.1, 0.15) is 22.8 Å². The number of nitrogens with zero attached hydrogens (tertiary/aromatic N) is 1. The van der Waals surface area contributed by atoms with E-state index in [1.807, 2.05) is 37.3 Å². The standard InChI is InChI=1S/C21H19BrN2O3/c1-13(11-24-21(27)17-10-15(22)7-9-19(17)25)23-12-18-16-5-3-2-4-14(16)6-8-20(18)26/h2-10,12-13,25-26H,11H2,1H3,(H,24,27). The molecule has 0 fully saturated rings. The number of benzene rings is 3. The molecular formula is C21H19BrN2O3. The van der Waals surface area contributed by atoms with Gasteiger partial charge in [0.2, 0.25) is 0 Å². The van der Waals surface area contributed by atoms with Crippen LogP contribution < -0.4 is 5.32 Å². The highest BCUT2D eigenvalue weighted by atomic mass is 79.9. The van der Waals surface area contributed by atoms with Crippen molar-refractivity contribution in [2.24, 2.45) is 4.99 Å². The predicted octanol–water partition coefficient (Wildman–Crippen LogP) is 4.25. The number of fused-ring (bicyclic) bond motifs is 1. The number of carbonyl (C=O) groups is 1. The molecule has 0 aromatic heterocycles. The quantitative estimate of drug-likeness (QED) is 0.533. The minimum absolute atomic E-state index is 0.0764. The van der Waals surface area contributed by atoms with Crippen molar-refractivity contribution in [2.45, 2.75) is 13.0 Å². The third-order valence-corrected chi connectivity index (χ3v) is 4.66. The van der Waals surface area contributed by atoms with Crippen LogP contribution in [-0.2, 0) is 0 Å². The number of aliphatic imine (C=N–C) groups is 1. The van der Waals surface area contributed by atoms with E-state index in [0.29, 0.717) is 16.6 Å². The van der Waals surface area contributed by atoms with Gasteiger partial charge in [0.05, 0.1) is 11.6 Å². The Morgan fingerprint density at radius 1 is 1.15 bits per heavy atom. The third-order valence-electron chi connectivity index (χ3n) is 4.17. The fourth-order valence-corrected chi connectivity index (χ4v) is 3.06. The molecule has 3 N–H and O–H groups in total. The maximum atomic E-state index is 12.2. The average Bonchev–Trinajstić information content (AvgIpc) is 2.67. The summed E-state index contributed by atoms with van der Waals surface area (Å²) in [5, 5.41) is 24.7. The maximum Gasteiger partial charge on any atom is 0.255 e. The van der Waals surface area contributed by atoms with Crippen molar-refractivity contribution < 1.29 is 15.0 Å². The van der Waals surface area contributed by atoms with Gasteiger partial charge < -0.3 is 15.5 Å². The molecule has 3 rings (SSSR count). The van der Waals surface area contributed by atoms with Crippen molar-refractivity contribution in [3.63, 3.8) is 0 Å². The number of phenolic OH excluding ortho intramolecular Hbond substituents is 2. The van der Waals surface area contributed by atoms with Crippen molar-refractivity contribution in [1.82, 2.24) is 5.32 Å². The molecule has 0 saturated heterocycles. The van der Waals surface area contributed by atoms with Gasteiger partial charge in [-0.1, -0.05) is 46.3 Å². The molecule has 5 nitrogen and oxygen atoms in total. The fraction of sp³-hybridized carbons (Fsp3) is 0.143. The van der Waals surface area contributed by atoms with E-state index < -0.39 is 0 Å². The fourth-order valence-electron chi connectivity index (χ4n) is 2.70. The van der Waals surface area contributed by atoms with Gasteiger partial charge >= 0.3 is 0 Å². The van der Waals surface area contributed by atoms with Crippen molar-refractivity contribution in [2.75, 3.05) is 6.54 Å². The van der Waals surface area contributed by atoms with Gasteiger partial charge in [0.1, 0.15) is 11.5 Å². The highest BCUT2D eigenvalue weighted by Gasteiger charge is 2.12. The molecule has 6 heteroatoms. The van der Waals surface area contributed by atoms with Crippen LogP contribution >= 0.6 is 15.9 Å². The summed E-state index contributed by atoms with van der Waals surface area (Å²) >= 11 is 3.28. The summed E-state index contributed by atoms with van der Waals surface area (Å²) in [5.74, 6) is -0.288. The molecule has 0 aliphatic rings. The van der Waals surface area contributed by atoms with Crippen molar-refractivity contribution in [1.29, 1.82) is 0 Å². The van der Waals surface area contributed by atoms with E-state index in [1.165, 1.54) is 6.07 Å². The Morgan fingerprint density at radius 2 is 1.89 bits per heavy atom. The predicted molar refractivity (Wildman–Crippen MR) is 111 cm³/mol. The molecule has 1 amide bonds. The molecule has 0 aliphatic carbocycles. The van der Waals surface area contributed by atoms with Gasteiger partial charge in [0, 0.05) is 22.8 Å². The molecular weight excluding hydrogens is 408 g/mol. The summed E-state index contributed by atoms with van der Waals surface area (Å²) in [7, 11) is 0. The summed E-state index contributed by atoms with van der Waals surface area (Å²) < 4.78 is 0.711. The molecule has 1 atom stereocenters. The molecule has 3 aromatic rings. The van der Waals surface area contributed by atoms with E-state index in [2.05, 4.69) is 26.2 Å². The number of aromatic hydroxyl groups is 2. The maximum absolute atomic E-state index is 12.2. The van der Waals surface area contributed by atoms with Crippen molar-refractivity contribution >= 4 is 38.8 Å². The molecule has 0 aliphatic heterocycles. The minimum atomic E-state index is -0.371. The Labute approximate surface area is 165 Å². The molecule has 0 heterocycles. The highest BCUT2D eigenvalue weighted by Crippen LogP contribution is 2.25. The van der Waals surface area contributed by atoms with Gasteiger partial charge in [0.15, 0.2) is 0 Å². The Kier molecular flexibility index (Phi) is 5.76. The first-order valence-corrected chi connectivity index (χ1v) is 9.25. The summed E-state index contributed by atoms with van der Waals surface area (Å²) in [6.07, 6.45) is 1.63. The highest BCUT2D eigenvalue weighted by molar-refractivity contribution is 9.10. The van der Waals surface area contributed by atoms with Crippen LogP contribution in [0.3, 0.4) is 0 Å². The Bertz CT molecular complexity index is 1020. The van der Waals surface area contributed by atoms with Gasteiger partial charge in [-0.05, 0) is 42.0 Å². The van der Waals surface area contributed by atoms with Gasteiger partial charge in [-0.2, -0.15) is 0 Å². The molecule has 1 unspecified atom stereocenters. The van der Waals surface area contributed by atoms with Gasteiger partial charge in [-0.25, -0.2) is 0 Å². The average molecular weight is 427 g/mol. The first kappa shape index (κ1) is 18.9. The molecule has 138 valence electrons. The molecule has 3 aromatic carbocycles. The number of hydrogen-bond donors (Lipinski definition) is 3. The largest absolute Gasteiger partial charge is 0.507 e. The topological polar surface area (TPSA) is 81.9 Å². The molecule has 0 radical (unpaired) electrons. The molecule has 0 bridgehead atoms. The van der Waals surface area contributed by atoms with Crippen molar-refractivity contribution in [3.05, 3.63) is 70.2 Å². The number of rotatable bonds is 5. The van der Waals surface area contributed by atoms with Crippen LogP contribution in [0.25, 0.3) is 10.8 Å². The van der Waals surface area contributed by atoms with Crippen LogP contribution in [0.2, 0.25) is 0 Å². The first-order chi connectivity index (χ1) is 13.0. The van der Waals surface area contributed by atoms with Crippen LogP contribution in [0.4, 0.5) is 0 Å². The normalized spacial score (nSPS) is 12.4. The lowest BCUT2D eigenvalue weighted by Gasteiger charge is -2.10. The molecule has 0 saturated carbocycles. The number of amides is 1. The van der Waals surface area contributed by atoms with Crippen LogP contribution in [-0.4, -0.2) is 34.9 Å². The zero-order valence-corrected chi connectivity index (χ0v) is 16.3. The SMILES string of the molecule is CC(CNC(=O)c1cc(Br)ccc1O)N=Cc1c(O)ccc2ccccc12. The number of halogens is 1. The second-order valence-electron chi connectivity index (χ2n) is 6.22. The van der Waals surface area contributed by atoms with Gasteiger partial charge in [0.25, 0.3) is 5.91 Å². The van der Waals surface area contributed by atoms with E-state index in [1.54, 1.807) is 24.4 Å². The number of nitrogens with one attached hydrogen (secondary N) is 1. The molecule has 27 heavy (non-hydrogen) atoms. The van der Waals surface area contributed by atoms with Gasteiger partial charge in [-0.3, -0.25) is 9.79 Å². The monoisotopic (exact) mass is 426 g/mol. The lowest BCUT2D eigenvalue weighted by Crippen LogP contribution is -2.30. The summed E-state index contributed by atoms with van der Waals surface area (Å²) in [6, 6.07) is 15.7. The summed E-state index contributed by atoms with van der Waals surface area (Å²) in [5.41, 5.74) is 0.850. The van der Waals surface area contributed by atoms with E-state index in [9.17, 15) is 15.0 Å². The Balaban J connectivity index is 1.69. The summed E-state index contributed by atoms with van der Waals surface area (Å²) in [6.45, 7) is 2.16.